The van der Waals surface area contributed by atoms with Crippen LogP contribution < -0.4 is 0 Å². The number of carbonyl (C=O) groups excluding carboxylic acids is 2. The van der Waals surface area contributed by atoms with Gasteiger partial charge in [0.1, 0.15) is 0 Å². The zero-order chi connectivity index (χ0) is 16.6. The van der Waals surface area contributed by atoms with Gasteiger partial charge in [-0.05, 0) is 26.2 Å². The Morgan fingerprint density at radius 1 is 1.23 bits per heavy atom. The molecule has 1 aliphatic rings. The van der Waals surface area contributed by atoms with Gasteiger partial charge in [0, 0.05) is 20.1 Å². The van der Waals surface area contributed by atoms with E-state index in [1.54, 1.807) is 6.08 Å². The number of amides is 1. The van der Waals surface area contributed by atoms with Crippen molar-refractivity contribution < 1.29 is 19.2 Å². The van der Waals surface area contributed by atoms with Gasteiger partial charge < -0.3 is 9.57 Å². The standard InChI is InChI=1S/C10H20O.C7H11NO3/c1-2-11-10-8-6-4-3-5-7-9-10;1-3-4-5-7(10)8(2)11-6-9/h10H,2-9H2,1H3;3,6H,1,4-5H2,2H3. The molecule has 1 rings (SSSR count). The SMILES string of the molecule is C=CCCC(=O)N(C)OC=O.CCOC1CCCCCCC1. The summed E-state index contributed by atoms with van der Waals surface area (Å²) in [6.07, 6.45) is 12.8. The summed E-state index contributed by atoms with van der Waals surface area (Å²) in [5.74, 6) is -0.239. The molecule has 1 fully saturated rings. The molecule has 5 heteroatoms. The van der Waals surface area contributed by atoms with Crippen LogP contribution in [-0.2, 0) is 19.2 Å². The van der Waals surface area contributed by atoms with Crippen molar-refractivity contribution in [3.05, 3.63) is 12.7 Å². The third-order valence-electron chi connectivity index (χ3n) is 3.57. The number of nitrogens with zero attached hydrogens (tertiary/aromatic N) is 1. The molecule has 0 saturated heterocycles. The lowest BCUT2D eigenvalue weighted by molar-refractivity contribution is -0.181. The number of carbonyl (C=O) groups is 2. The highest BCUT2D eigenvalue weighted by atomic mass is 16.7. The number of rotatable bonds is 7. The number of ether oxygens (including phenoxy) is 1. The van der Waals surface area contributed by atoms with Crippen molar-refractivity contribution in [2.75, 3.05) is 13.7 Å². The van der Waals surface area contributed by atoms with E-state index in [1.165, 1.54) is 52.0 Å². The molecule has 22 heavy (non-hydrogen) atoms. The first-order chi connectivity index (χ1) is 10.7. The number of hydroxylamine groups is 2. The van der Waals surface area contributed by atoms with Gasteiger partial charge >= 0.3 is 6.47 Å². The number of hydrogen-bond donors (Lipinski definition) is 0. The second kappa shape index (κ2) is 14.6. The Balaban J connectivity index is 0.000000401. The lowest BCUT2D eigenvalue weighted by Gasteiger charge is -2.19. The summed E-state index contributed by atoms with van der Waals surface area (Å²) in [5.41, 5.74) is 0. The largest absolute Gasteiger partial charge is 0.379 e. The van der Waals surface area contributed by atoms with Gasteiger partial charge in [-0.15, -0.1) is 6.58 Å². The second-order valence-corrected chi connectivity index (χ2v) is 5.34. The maximum Gasteiger partial charge on any atom is 0.320 e. The zero-order valence-electron chi connectivity index (χ0n) is 14.1. The Bertz CT molecular complexity index is 299. The maximum atomic E-state index is 10.9. The van der Waals surface area contributed by atoms with Crippen molar-refractivity contribution in [3.8, 4) is 0 Å². The molecule has 1 amide bonds. The number of allylic oxidation sites excluding steroid dienone is 1. The zero-order valence-corrected chi connectivity index (χ0v) is 14.1. The predicted octanol–water partition coefficient (Wildman–Crippen LogP) is 3.63. The predicted molar refractivity (Wildman–Crippen MR) is 87.1 cm³/mol. The van der Waals surface area contributed by atoms with E-state index in [4.69, 9.17) is 4.74 Å². The first kappa shape index (κ1) is 20.6. The Morgan fingerprint density at radius 3 is 2.32 bits per heavy atom. The van der Waals surface area contributed by atoms with E-state index in [1.807, 2.05) is 0 Å². The first-order valence-corrected chi connectivity index (χ1v) is 8.25. The van der Waals surface area contributed by atoms with Gasteiger partial charge in [0.2, 0.25) is 0 Å². The highest BCUT2D eigenvalue weighted by Crippen LogP contribution is 2.19. The number of hydrogen-bond acceptors (Lipinski definition) is 4. The van der Waals surface area contributed by atoms with Crippen LogP contribution in [0, 0.1) is 0 Å². The molecule has 0 spiro atoms. The molecule has 0 heterocycles. The molecule has 0 bridgehead atoms. The molecule has 0 aromatic carbocycles. The van der Waals surface area contributed by atoms with Gasteiger partial charge in [0.05, 0.1) is 6.10 Å². The van der Waals surface area contributed by atoms with Crippen molar-refractivity contribution in [2.24, 2.45) is 0 Å². The van der Waals surface area contributed by atoms with Gasteiger partial charge in [-0.2, -0.15) is 5.06 Å². The highest BCUT2D eigenvalue weighted by molar-refractivity contribution is 5.75. The molecule has 0 aromatic heterocycles. The third-order valence-corrected chi connectivity index (χ3v) is 3.57. The van der Waals surface area contributed by atoms with E-state index < -0.39 is 0 Å². The van der Waals surface area contributed by atoms with Crippen molar-refractivity contribution in [3.63, 3.8) is 0 Å². The molecule has 0 radical (unpaired) electrons. The first-order valence-electron chi connectivity index (χ1n) is 8.25. The van der Waals surface area contributed by atoms with E-state index in [0.29, 0.717) is 18.9 Å². The van der Waals surface area contributed by atoms with Crippen LogP contribution in [0.15, 0.2) is 12.7 Å². The monoisotopic (exact) mass is 313 g/mol. The van der Waals surface area contributed by atoms with Crippen LogP contribution in [0.1, 0.15) is 64.7 Å². The van der Waals surface area contributed by atoms with Crippen molar-refractivity contribution >= 4 is 12.4 Å². The smallest absolute Gasteiger partial charge is 0.320 e. The van der Waals surface area contributed by atoms with Gasteiger partial charge in [0.15, 0.2) is 0 Å². The molecule has 0 aromatic rings. The molecule has 128 valence electrons. The minimum absolute atomic E-state index is 0.214. The molecule has 0 N–H and O–H groups in total. The highest BCUT2D eigenvalue weighted by Gasteiger charge is 2.10. The average molecular weight is 313 g/mol. The molecular formula is C17H31NO4. The Kier molecular flexibility index (Phi) is 13.7. The van der Waals surface area contributed by atoms with E-state index in [0.717, 1.165) is 11.7 Å². The van der Waals surface area contributed by atoms with Crippen LogP contribution in [-0.4, -0.2) is 37.2 Å². The summed E-state index contributed by atoms with van der Waals surface area (Å²) in [6, 6.07) is 0. The fourth-order valence-electron chi connectivity index (χ4n) is 2.33. The molecule has 0 unspecified atom stereocenters. The molecular weight excluding hydrogens is 282 g/mol. The fourth-order valence-corrected chi connectivity index (χ4v) is 2.33. The van der Waals surface area contributed by atoms with Crippen LogP contribution in [0.4, 0.5) is 0 Å². The molecule has 1 saturated carbocycles. The summed E-state index contributed by atoms with van der Waals surface area (Å²) < 4.78 is 5.62. The maximum absolute atomic E-state index is 10.9. The van der Waals surface area contributed by atoms with E-state index in [2.05, 4.69) is 18.3 Å². The Hall–Kier alpha value is -1.36. The lowest BCUT2D eigenvalue weighted by atomic mass is 9.99. The normalized spacial score (nSPS) is 15.5. The second-order valence-electron chi connectivity index (χ2n) is 5.34. The van der Waals surface area contributed by atoms with Crippen molar-refractivity contribution in [2.45, 2.75) is 70.8 Å². The topological polar surface area (TPSA) is 55.8 Å². The molecule has 1 aliphatic carbocycles. The summed E-state index contributed by atoms with van der Waals surface area (Å²) in [5, 5.41) is 0.899. The summed E-state index contributed by atoms with van der Waals surface area (Å²) in [7, 11) is 1.39. The van der Waals surface area contributed by atoms with Crippen LogP contribution >= 0.6 is 0 Å². The Labute approximate surface area is 134 Å². The van der Waals surface area contributed by atoms with Gasteiger partial charge in [-0.25, -0.2) is 0 Å². The van der Waals surface area contributed by atoms with Crippen LogP contribution in [0.3, 0.4) is 0 Å². The summed E-state index contributed by atoms with van der Waals surface area (Å²) in [4.78, 5) is 24.9. The summed E-state index contributed by atoms with van der Waals surface area (Å²) >= 11 is 0. The fraction of sp³-hybridized carbons (Fsp3) is 0.765. The quantitative estimate of drug-likeness (QED) is 0.409. The van der Waals surface area contributed by atoms with Crippen LogP contribution in [0.25, 0.3) is 0 Å². The van der Waals surface area contributed by atoms with Gasteiger partial charge in [-0.3, -0.25) is 9.59 Å². The van der Waals surface area contributed by atoms with Gasteiger partial charge in [-0.1, -0.05) is 38.2 Å². The minimum atomic E-state index is -0.239. The van der Waals surface area contributed by atoms with Crippen LogP contribution in [0.5, 0.6) is 0 Å². The van der Waals surface area contributed by atoms with E-state index in [9.17, 15) is 9.59 Å². The molecule has 0 aliphatic heterocycles. The van der Waals surface area contributed by atoms with Crippen molar-refractivity contribution in [1.29, 1.82) is 0 Å². The third kappa shape index (κ3) is 11.3. The molecule has 5 nitrogen and oxygen atoms in total. The average Bonchev–Trinajstić information content (AvgIpc) is 2.48. The van der Waals surface area contributed by atoms with Gasteiger partial charge in [0.25, 0.3) is 5.91 Å². The molecule has 0 atom stereocenters. The van der Waals surface area contributed by atoms with E-state index in [-0.39, 0.29) is 12.4 Å². The van der Waals surface area contributed by atoms with Crippen molar-refractivity contribution in [1.82, 2.24) is 5.06 Å². The lowest BCUT2D eigenvalue weighted by Crippen LogP contribution is -2.25. The van der Waals surface area contributed by atoms with E-state index >= 15 is 0 Å². The van der Waals surface area contributed by atoms with Crippen LogP contribution in [0.2, 0.25) is 0 Å². The minimum Gasteiger partial charge on any atom is -0.379 e. The summed E-state index contributed by atoms with van der Waals surface area (Å²) in [6.45, 7) is 6.66. The Morgan fingerprint density at radius 2 is 1.82 bits per heavy atom.